The zero-order valence-corrected chi connectivity index (χ0v) is 13.5. The molecule has 120 valence electrons. The Morgan fingerprint density at radius 3 is 2.91 bits per heavy atom. The lowest BCUT2D eigenvalue weighted by molar-refractivity contribution is -0.0296. The molecule has 0 radical (unpaired) electrons. The number of nitrogens with zero attached hydrogens (tertiary/aromatic N) is 1. The fourth-order valence-electron chi connectivity index (χ4n) is 4.14. The summed E-state index contributed by atoms with van der Waals surface area (Å²) in [5.74, 6) is -0.851. The third-order valence-corrected chi connectivity index (χ3v) is 5.50. The van der Waals surface area contributed by atoms with E-state index >= 15 is 0 Å². The summed E-state index contributed by atoms with van der Waals surface area (Å²) in [6.45, 7) is 1.29. The summed E-state index contributed by atoms with van der Waals surface area (Å²) in [6.07, 6.45) is 5.43. The lowest BCUT2D eigenvalue weighted by Gasteiger charge is -2.43. The number of amides is 1. The van der Waals surface area contributed by atoms with Gasteiger partial charge in [0.2, 0.25) is 0 Å². The monoisotopic (exact) mass is 325 g/mol. The van der Waals surface area contributed by atoms with E-state index in [1.807, 2.05) is 0 Å². The van der Waals surface area contributed by atoms with Gasteiger partial charge in [-0.1, -0.05) is 24.1 Å². The van der Waals surface area contributed by atoms with E-state index in [1.165, 1.54) is 12.1 Å². The van der Waals surface area contributed by atoms with Crippen LogP contribution in [0.2, 0.25) is 5.02 Å². The van der Waals surface area contributed by atoms with Crippen LogP contribution in [0.15, 0.2) is 18.2 Å². The maximum atomic E-state index is 14.0. The van der Waals surface area contributed by atoms with E-state index in [-0.39, 0.29) is 28.0 Å². The Hall–Kier alpha value is -1.13. The van der Waals surface area contributed by atoms with Crippen LogP contribution in [0.25, 0.3) is 0 Å². The number of carbonyl (C=O) groups excluding carboxylic acids is 1. The Morgan fingerprint density at radius 2 is 2.18 bits per heavy atom. The number of hydrogen-bond acceptors (Lipinski definition) is 2. The van der Waals surface area contributed by atoms with Crippen molar-refractivity contribution >= 4 is 17.5 Å². The first-order chi connectivity index (χ1) is 10.6. The largest absolute Gasteiger partial charge is 0.381 e. The van der Waals surface area contributed by atoms with Gasteiger partial charge in [-0.25, -0.2) is 4.39 Å². The average Bonchev–Trinajstić information content (AvgIpc) is 2.89. The van der Waals surface area contributed by atoms with Gasteiger partial charge >= 0.3 is 0 Å². The van der Waals surface area contributed by atoms with Crippen molar-refractivity contribution < 1.29 is 13.9 Å². The maximum Gasteiger partial charge on any atom is 0.258 e. The number of ether oxygens (including phenoxy) is 1. The Morgan fingerprint density at radius 1 is 1.41 bits per heavy atom. The third-order valence-electron chi connectivity index (χ3n) is 5.18. The van der Waals surface area contributed by atoms with Gasteiger partial charge in [0.15, 0.2) is 0 Å². The number of methoxy groups -OCH3 is 1. The van der Waals surface area contributed by atoms with Crippen LogP contribution in [0.4, 0.5) is 4.39 Å². The number of hydrogen-bond donors (Lipinski definition) is 0. The van der Waals surface area contributed by atoms with Gasteiger partial charge in [-0.2, -0.15) is 0 Å². The molecule has 1 aliphatic carbocycles. The van der Waals surface area contributed by atoms with Crippen molar-refractivity contribution in [1.29, 1.82) is 0 Å². The van der Waals surface area contributed by atoms with Crippen LogP contribution in [0.5, 0.6) is 0 Å². The van der Waals surface area contributed by atoms with E-state index in [0.29, 0.717) is 13.1 Å². The second-order valence-corrected chi connectivity index (χ2v) is 6.81. The van der Waals surface area contributed by atoms with Crippen molar-refractivity contribution in [2.75, 3.05) is 20.2 Å². The molecule has 1 heterocycles. The first-order valence-corrected chi connectivity index (χ1v) is 8.21. The molecule has 3 nitrogen and oxygen atoms in total. The summed E-state index contributed by atoms with van der Waals surface area (Å²) in [5.41, 5.74) is 0.0219. The fourth-order valence-corrected chi connectivity index (χ4v) is 4.38. The molecule has 1 saturated heterocycles. The summed E-state index contributed by atoms with van der Waals surface area (Å²) in [4.78, 5) is 14.5. The minimum absolute atomic E-state index is 0.00631. The average molecular weight is 326 g/mol. The van der Waals surface area contributed by atoms with Gasteiger partial charge in [0.1, 0.15) is 5.82 Å². The predicted molar refractivity (Wildman–Crippen MR) is 83.6 cm³/mol. The van der Waals surface area contributed by atoms with Gasteiger partial charge in [0, 0.05) is 25.6 Å². The van der Waals surface area contributed by atoms with Gasteiger partial charge in [-0.05, 0) is 37.8 Å². The van der Waals surface area contributed by atoms with Crippen molar-refractivity contribution in [2.45, 2.75) is 38.2 Å². The standard InChI is InChI=1S/C17H21ClFNO2/c1-22-14-7-3-8-17(14)9-4-10-20(11-17)16(21)15-12(18)5-2-6-13(15)19/h2,5-6,14H,3-4,7-11H2,1H3/t14-,17-/m1/s1. The molecule has 1 spiro atoms. The molecule has 2 atom stereocenters. The highest BCUT2D eigenvalue weighted by Crippen LogP contribution is 2.46. The van der Waals surface area contributed by atoms with Crippen LogP contribution in [-0.2, 0) is 4.74 Å². The Balaban J connectivity index is 1.84. The molecule has 1 amide bonds. The van der Waals surface area contributed by atoms with Crippen molar-refractivity contribution in [1.82, 2.24) is 4.90 Å². The molecule has 2 fully saturated rings. The third kappa shape index (κ3) is 2.63. The molecule has 2 aliphatic rings. The molecule has 22 heavy (non-hydrogen) atoms. The number of likely N-dealkylation sites (tertiary alicyclic amines) is 1. The first kappa shape index (κ1) is 15.8. The minimum Gasteiger partial charge on any atom is -0.381 e. The van der Waals surface area contributed by atoms with Crippen LogP contribution < -0.4 is 0 Å². The topological polar surface area (TPSA) is 29.5 Å². The molecule has 0 unspecified atom stereocenters. The lowest BCUT2D eigenvalue weighted by atomic mass is 9.76. The summed E-state index contributed by atoms with van der Waals surface area (Å²) in [7, 11) is 1.74. The van der Waals surface area contributed by atoms with Gasteiger partial charge in [-0.15, -0.1) is 0 Å². The Bertz CT molecular complexity index is 560. The maximum absolute atomic E-state index is 14.0. The molecule has 3 rings (SSSR count). The number of rotatable bonds is 2. The minimum atomic E-state index is -0.549. The molecular weight excluding hydrogens is 305 g/mol. The molecule has 1 aromatic rings. The molecule has 1 aromatic carbocycles. The van der Waals surface area contributed by atoms with Gasteiger partial charge in [0.25, 0.3) is 5.91 Å². The molecule has 0 bridgehead atoms. The highest BCUT2D eigenvalue weighted by molar-refractivity contribution is 6.33. The molecule has 1 aliphatic heterocycles. The second kappa shape index (κ2) is 6.17. The lowest BCUT2D eigenvalue weighted by Crippen LogP contribution is -2.50. The van der Waals surface area contributed by atoms with Crippen molar-refractivity contribution in [3.63, 3.8) is 0 Å². The van der Waals surface area contributed by atoms with Crippen LogP contribution >= 0.6 is 11.6 Å². The zero-order valence-electron chi connectivity index (χ0n) is 12.8. The first-order valence-electron chi connectivity index (χ1n) is 7.83. The molecular formula is C17H21ClFNO2. The van der Waals surface area contributed by atoms with Crippen LogP contribution in [0.1, 0.15) is 42.5 Å². The van der Waals surface area contributed by atoms with E-state index < -0.39 is 5.82 Å². The molecule has 0 aromatic heterocycles. The van der Waals surface area contributed by atoms with E-state index in [9.17, 15) is 9.18 Å². The van der Waals surface area contributed by atoms with Gasteiger partial charge in [-0.3, -0.25) is 4.79 Å². The van der Waals surface area contributed by atoms with Crippen molar-refractivity contribution in [3.05, 3.63) is 34.6 Å². The molecule has 1 saturated carbocycles. The second-order valence-electron chi connectivity index (χ2n) is 6.41. The smallest absolute Gasteiger partial charge is 0.258 e. The van der Waals surface area contributed by atoms with E-state index in [4.69, 9.17) is 16.3 Å². The number of halogens is 2. The fraction of sp³-hybridized carbons (Fsp3) is 0.588. The summed E-state index contributed by atoms with van der Waals surface area (Å²) in [5, 5.41) is 0.180. The predicted octanol–water partition coefficient (Wildman–Crippen LogP) is 3.90. The Labute approximate surface area is 135 Å². The number of piperidine rings is 1. The zero-order chi connectivity index (χ0) is 15.7. The van der Waals surface area contributed by atoms with Crippen molar-refractivity contribution in [2.24, 2.45) is 5.41 Å². The quantitative estimate of drug-likeness (QED) is 0.825. The highest BCUT2D eigenvalue weighted by atomic mass is 35.5. The number of benzene rings is 1. The van der Waals surface area contributed by atoms with E-state index in [1.54, 1.807) is 18.1 Å². The van der Waals surface area contributed by atoms with E-state index in [0.717, 1.165) is 32.1 Å². The van der Waals surface area contributed by atoms with Crippen molar-refractivity contribution in [3.8, 4) is 0 Å². The SMILES string of the molecule is CO[C@@H]1CCC[C@]12CCCN(C(=O)c1c(F)cccc1Cl)C2. The van der Waals surface area contributed by atoms with E-state index in [2.05, 4.69) is 0 Å². The highest BCUT2D eigenvalue weighted by Gasteiger charge is 2.47. The summed E-state index contributed by atoms with van der Waals surface area (Å²) >= 11 is 6.04. The summed E-state index contributed by atoms with van der Waals surface area (Å²) in [6, 6.07) is 4.36. The normalized spacial score (nSPS) is 28.3. The molecule has 0 N–H and O–H groups in total. The van der Waals surface area contributed by atoms with Crippen LogP contribution in [-0.4, -0.2) is 37.1 Å². The summed E-state index contributed by atoms with van der Waals surface area (Å²) < 4.78 is 19.7. The van der Waals surface area contributed by atoms with Crippen LogP contribution in [0, 0.1) is 11.2 Å². The van der Waals surface area contributed by atoms with Gasteiger partial charge < -0.3 is 9.64 Å². The van der Waals surface area contributed by atoms with Gasteiger partial charge in [0.05, 0.1) is 16.7 Å². The Kier molecular flexibility index (Phi) is 4.42. The number of carbonyl (C=O) groups is 1. The van der Waals surface area contributed by atoms with Crippen LogP contribution in [0.3, 0.4) is 0 Å². The molecule has 5 heteroatoms.